The topological polar surface area (TPSA) is 84.6 Å². The molecule has 88 valence electrons. The van der Waals surface area contributed by atoms with E-state index in [0.717, 1.165) is 0 Å². The lowest BCUT2D eigenvalue weighted by molar-refractivity contribution is -0.385. The SMILES string of the molecule is COc1ccc(NCC(C)O)cc1[N+](=O)[O-]. The molecule has 0 heterocycles. The molecular weight excluding hydrogens is 212 g/mol. The number of benzene rings is 1. The Kier molecular flexibility index (Phi) is 4.07. The predicted molar refractivity (Wildman–Crippen MR) is 59.8 cm³/mol. The van der Waals surface area contributed by atoms with Crippen molar-refractivity contribution in [2.45, 2.75) is 13.0 Å². The third kappa shape index (κ3) is 3.09. The number of hydrogen-bond acceptors (Lipinski definition) is 5. The van der Waals surface area contributed by atoms with Crippen LogP contribution < -0.4 is 10.1 Å². The first-order chi connectivity index (χ1) is 7.54. The number of nitro groups is 1. The summed E-state index contributed by atoms with van der Waals surface area (Å²) in [6, 6.07) is 4.55. The van der Waals surface area contributed by atoms with Crippen molar-refractivity contribution in [3.63, 3.8) is 0 Å². The summed E-state index contributed by atoms with van der Waals surface area (Å²) in [6.45, 7) is 1.97. The Balaban J connectivity index is 2.89. The van der Waals surface area contributed by atoms with Gasteiger partial charge in [-0.3, -0.25) is 10.1 Å². The summed E-state index contributed by atoms with van der Waals surface area (Å²) in [6.07, 6.45) is -0.513. The number of anilines is 1. The van der Waals surface area contributed by atoms with Gasteiger partial charge in [-0.05, 0) is 19.1 Å². The number of nitrogens with one attached hydrogen (secondary N) is 1. The Hall–Kier alpha value is -1.82. The number of hydrogen-bond donors (Lipinski definition) is 2. The molecule has 16 heavy (non-hydrogen) atoms. The Labute approximate surface area is 93.0 Å². The number of nitrogens with zero attached hydrogens (tertiary/aromatic N) is 1. The van der Waals surface area contributed by atoms with Gasteiger partial charge in [-0.25, -0.2) is 0 Å². The van der Waals surface area contributed by atoms with E-state index in [1.807, 2.05) is 0 Å². The fraction of sp³-hybridized carbons (Fsp3) is 0.400. The maximum Gasteiger partial charge on any atom is 0.312 e. The van der Waals surface area contributed by atoms with E-state index in [2.05, 4.69) is 5.32 Å². The molecule has 1 aromatic carbocycles. The van der Waals surface area contributed by atoms with Crippen molar-refractivity contribution in [2.75, 3.05) is 19.0 Å². The monoisotopic (exact) mass is 226 g/mol. The highest BCUT2D eigenvalue weighted by molar-refractivity contribution is 5.58. The first kappa shape index (κ1) is 12.3. The molecule has 2 N–H and O–H groups in total. The normalized spacial score (nSPS) is 11.9. The van der Waals surface area contributed by atoms with E-state index in [9.17, 15) is 10.1 Å². The first-order valence-electron chi connectivity index (χ1n) is 4.79. The van der Waals surface area contributed by atoms with Crippen LogP contribution in [0.3, 0.4) is 0 Å². The molecule has 0 aliphatic heterocycles. The lowest BCUT2D eigenvalue weighted by atomic mass is 10.2. The molecule has 6 heteroatoms. The van der Waals surface area contributed by atoms with Crippen LogP contribution in [0.5, 0.6) is 5.75 Å². The summed E-state index contributed by atoms with van der Waals surface area (Å²) in [7, 11) is 1.38. The minimum absolute atomic E-state index is 0.0990. The van der Waals surface area contributed by atoms with Crippen LogP contribution in [0.2, 0.25) is 0 Å². The predicted octanol–water partition coefficient (Wildman–Crippen LogP) is 1.40. The van der Waals surface area contributed by atoms with Crippen molar-refractivity contribution in [1.29, 1.82) is 0 Å². The summed E-state index contributed by atoms with van der Waals surface area (Å²) in [5, 5.41) is 22.7. The van der Waals surface area contributed by atoms with Crippen LogP contribution in [0.4, 0.5) is 11.4 Å². The average molecular weight is 226 g/mol. The Morgan fingerprint density at radius 3 is 2.81 bits per heavy atom. The molecule has 1 rings (SSSR count). The van der Waals surface area contributed by atoms with Crippen LogP contribution in [0, 0.1) is 10.1 Å². The lowest BCUT2D eigenvalue weighted by Crippen LogP contribution is -2.15. The highest BCUT2D eigenvalue weighted by atomic mass is 16.6. The van der Waals surface area contributed by atoms with Gasteiger partial charge < -0.3 is 15.2 Å². The molecule has 0 amide bonds. The summed E-state index contributed by atoms with van der Waals surface area (Å²) in [4.78, 5) is 10.2. The van der Waals surface area contributed by atoms with E-state index in [1.165, 1.54) is 19.2 Å². The number of methoxy groups -OCH3 is 1. The molecule has 6 nitrogen and oxygen atoms in total. The minimum atomic E-state index is -0.513. The van der Waals surface area contributed by atoms with Crippen molar-refractivity contribution in [1.82, 2.24) is 0 Å². The van der Waals surface area contributed by atoms with Crippen LogP contribution in [-0.4, -0.2) is 29.8 Å². The molecule has 1 unspecified atom stereocenters. The number of nitro benzene ring substituents is 1. The van der Waals surface area contributed by atoms with Gasteiger partial charge >= 0.3 is 5.69 Å². The Bertz CT molecular complexity index is 379. The van der Waals surface area contributed by atoms with Crippen molar-refractivity contribution in [3.8, 4) is 5.75 Å². The van der Waals surface area contributed by atoms with Crippen LogP contribution in [0.25, 0.3) is 0 Å². The molecule has 0 radical (unpaired) electrons. The highest BCUT2D eigenvalue weighted by Crippen LogP contribution is 2.29. The molecule has 0 aromatic heterocycles. The Morgan fingerprint density at radius 1 is 1.62 bits per heavy atom. The second kappa shape index (κ2) is 5.32. The van der Waals surface area contributed by atoms with E-state index in [0.29, 0.717) is 12.2 Å². The molecule has 0 fully saturated rings. The van der Waals surface area contributed by atoms with Crippen molar-refractivity contribution in [3.05, 3.63) is 28.3 Å². The van der Waals surface area contributed by atoms with E-state index in [-0.39, 0.29) is 11.4 Å². The third-order valence-corrected chi connectivity index (χ3v) is 1.98. The van der Waals surface area contributed by atoms with Crippen molar-refractivity contribution >= 4 is 11.4 Å². The Morgan fingerprint density at radius 2 is 2.31 bits per heavy atom. The molecule has 0 saturated heterocycles. The molecule has 0 bridgehead atoms. The zero-order valence-corrected chi connectivity index (χ0v) is 9.14. The van der Waals surface area contributed by atoms with E-state index in [4.69, 9.17) is 9.84 Å². The standard InChI is InChI=1S/C10H14N2O4/c1-7(13)6-11-8-3-4-10(16-2)9(5-8)12(14)15/h3-5,7,11,13H,6H2,1-2H3. The van der Waals surface area contributed by atoms with E-state index < -0.39 is 11.0 Å². The fourth-order valence-electron chi connectivity index (χ4n) is 1.21. The van der Waals surface area contributed by atoms with Crippen LogP contribution in [0.1, 0.15) is 6.92 Å². The third-order valence-electron chi connectivity index (χ3n) is 1.98. The molecule has 0 aliphatic carbocycles. The molecular formula is C10H14N2O4. The van der Waals surface area contributed by atoms with Gasteiger partial charge in [0.2, 0.25) is 0 Å². The van der Waals surface area contributed by atoms with Gasteiger partial charge in [0.25, 0.3) is 0 Å². The van der Waals surface area contributed by atoms with Gasteiger partial charge in [-0.2, -0.15) is 0 Å². The second-order valence-electron chi connectivity index (χ2n) is 3.37. The zero-order chi connectivity index (χ0) is 12.1. The van der Waals surface area contributed by atoms with Crippen molar-refractivity contribution in [2.24, 2.45) is 0 Å². The van der Waals surface area contributed by atoms with Crippen LogP contribution in [-0.2, 0) is 0 Å². The lowest BCUT2D eigenvalue weighted by Gasteiger charge is -2.09. The van der Waals surface area contributed by atoms with E-state index >= 15 is 0 Å². The van der Waals surface area contributed by atoms with Crippen LogP contribution >= 0.6 is 0 Å². The molecule has 1 aromatic rings. The molecule has 0 saturated carbocycles. The fourth-order valence-corrected chi connectivity index (χ4v) is 1.21. The van der Waals surface area contributed by atoms with Gasteiger partial charge in [0.05, 0.1) is 18.1 Å². The molecule has 1 atom stereocenters. The van der Waals surface area contributed by atoms with Crippen molar-refractivity contribution < 1.29 is 14.8 Å². The first-order valence-corrected chi connectivity index (χ1v) is 4.79. The maximum absolute atomic E-state index is 10.7. The number of aliphatic hydroxyl groups excluding tert-OH is 1. The minimum Gasteiger partial charge on any atom is -0.490 e. The largest absolute Gasteiger partial charge is 0.490 e. The van der Waals surface area contributed by atoms with Gasteiger partial charge in [0, 0.05) is 18.3 Å². The smallest absolute Gasteiger partial charge is 0.312 e. The van der Waals surface area contributed by atoms with Gasteiger partial charge in [0.15, 0.2) is 5.75 Å². The van der Waals surface area contributed by atoms with Gasteiger partial charge in [-0.15, -0.1) is 0 Å². The van der Waals surface area contributed by atoms with Gasteiger partial charge in [0.1, 0.15) is 0 Å². The van der Waals surface area contributed by atoms with Crippen LogP contribution in [0.15, 0.2) is 18.2 Å². The van der Waals surface area contributed by atoms with E-state index in [1.54, 1.807) is 13.0 Å². The van der Waals surface area contributed by atoms with Gasteiger partial charge in [-0.1, -0.05) is 0 Å². The molecule has 0 aliphatic rings. The zero-order valence-electron chi connectivity index (χ0n) is 9.14. The summed E-state index contributed by atoms with van der Waals surface area (Å²) in [5.74, 6) is 0.215. The maximum atomic E-state index is 10.7. The average Bonchev–Trinajstić information content (AvgIpc) is 2.25. The molecule has 0 spiro atoms. The number of rotatable bonds is 5. The highest BCUT2D eigenvalue weighted by Gasteiger charge is 2.14. The number of ether oxygens (including phenoxy) is 1. The summed E-state index contributed by atoms with van der Waals surface area (Å²) in [5.41, 5.74) is 0.478. The summed E-state index contributed by atoms with van der Waals surface area (Å²) < 4.78 is 4.87. The second-order valence-corrected chi connectivity index (χ2v) is 3.37. The quantitative estimate of drug-likeness (QED) is 0.585. The summed E-state index contributed by atoms with van der Waals surface area (Å²) >= 11 is 0. The number of aliphatic hydroxyl groups is 1.